The second-order valence-corrected chi connectivity index (χ2v) is 4.74. The fraction of sp³-hybridized carbons (Fsp3) is 1.00. The first kappa shape index (κ1) is 9.47. The van der Waals surface area contributed by atoms with Crippen molar-refractivity contribution in [3.8, 4) is 0 Å². The van der Waals surface area contributed by atoms with Gasteiger partial charge in [0.05, 0.1) is 12.7 Å². The second-order valence-electron chi connectivity index (χ2n) is 4.74. The van der Waals surface area contributed by atoms with Gasteiger partial charge in [-0.15, -0.1) is 0 Å². The second kappa shape index (κ2) is 4.43. The molecule has 2 fully saturated rings. The van der Waals surface area contributed by atoms with Gasteiger partial charge in [-0.3, -0.25) is 0 Å². The normalized spacial score (nSPS) is 35.8. The Morgan fingerprint density at radius 1 is 1.15 bits per heavy atom. The SMILES string of the molecule is CC1CCC(OCC2CNC2)CC1. The molecule has 0 spiro atoms. The molecule has 0 radical (unpaired) electrons. The topological polar surface area (TPSA) is 21.3 Å². The summed E-state index contributed by atoms with van der Waals surface area (Å²) in [5.41, 5.74) is 0. The van der Waals surface area contributed by atoms with E-state index in [1.807, 2.05) is 0 Å². The van der Waals surface area contributed by atoms with Gasteiger partial charge >= 0.3 is 0 Å². The van der Waals surface area contributed by atoms with E-state index in [4.69, 9.17) is 4.74 Å². The van der Waals surface area contributed by atoms with Crippen LogP contribution in [0.15, 0.2) is 0 Å². The average Bonchev–Trinajstić information content (AvgIpc) is 2.05. The molecular weight excluding hydrogens is 162 g/mol. The van der Waals surface area contributed by atoms with E-state index in [1.165, 1.54) is 38.8 Å². The van der Waals surface area contributed by atoms with Crippen molar-refractivity contribution < 1.29 is 4.74 Å². The Morgan fingerprint density at radius 2 is 1.85 bits per heavy atom. The first-order valence-corrected chi connectivity index (χ1v) is 5.67. The van der Waals surface area contributed by atoms with Crippen LogP contribution in [0.5, 0.6) is 0 Å². The van der Waals surface area contributed by atoms with Gasteiger partial charge in [-0.1, -0.05) is 6.92 Å². The van der Waals surface area contributed by atoms with Gasteiger partial charge in [0.2, 0.25) is 0 Å². The molecule has 0 amide bonds. The van der Waals surface area contributed by atoms with E-state index in [0.717, 1.165) is 18.4 Å². The van der Waals surface area contributed by atoms with Crippen molar-refractivity contribution in [2.24, 2.45) is 11.8 Å². The Kier molecular flexibility index (Phi) is 3.23. The quantitative estimate of drug-likeness (QED) is 0.720. The Bertz CT molecular complexity index is 148. The van der Waals surface area contributed by atoms with Crippen molar-refractivity contribution in [3.05, 3.63) is 0 Å². The lowest BCUT2D eigenvalue weighted by Crippen LogP contribution is -2.45. The predicted molar refractivity (Wildman–Crippen MR) is 53.7 cm³/mol. The maximum absolute atomic E-state index is 5.90. The summed E-state index contributed by atoms with van der Waals surface area (Å²) >= 11 is 0. The van der Waals surface area contributed by atoms with Crippen molar-refractivity contribution in [1.82, 2.24) is 5.32 Å². The number of nitrogens with one attached hydrogen (secondary N) is 1. The van der Waals surface area contributed by atoms with E-state index in [2.05, 4.69) is 12.2 Å². The molecule has 2 heteroatoms. The molecule has 1 N–H and O–H groups in total. The van der Waals surface area contributed by atoms with Gasteiger partial charge in [0.15, 0.2) is 0 Å². The molecule has 0 aromatic rings. The van der Waals surface area contributed by atoms with Crippen LogP contribution in [-0.4, -0.2) is 25.8 Å². The third-order valence-electron chi connectivity index (χ3n) is 3.40. The molecule has 0 aromatic heterocycles. The highest BCUT2D eigenvalue weighted by atomic mass is 16.5. The molecule has 76 valence electrons. The van der Waals surface area contributed by atoms with Gasteiger partial charge < -0.3 is 10.1 Å². The smallest absolute Gasteiger partial charge is 0.0575 e. The maximum Gasteiger partial charge on any atom is 0.0575 e. The fourth-order valence-electron chi connectivity index (χ4n) is 2.13. The first-order valence-electron chi connectivity index (χ1n) is 5.67. The summed E-state index contributed by atoms with van der Waals surface area (Å²) in [4.78, 5) is 0. The number of rotatable bonds is 3. The molecule has 1 saturated carbocycles. The van der Waals surface area contributed by atoms with E-state index >= 15 is 0 Å². The minimum atomic E-state index is 0.580. The summed E-state index contributed by atoms with van der Waals surface area (Å²) in [5.74, 6) is 1.74. The van der Waals surface area contributed by atoms with Crippen LogP contribution in [-0.2, 0) is 4.74 Å². The lowest BCUT2D eigenvalue weighted by molar-refractivity contribution is -0.00816. The molecule has 1 aliphatic carbocycles. The van der Waals surface area contributed by atoms with Gasteiger partial charge in [-0.05, 0) is 31.6 Å². The first-order chi connectivity index (χ1) is 6.34. The molecule has 2 nitrogen and oxygen atoms in total. The summed E-state index contributed by atoms with van der Waals surface area (Å²) in [6.07, 6.45) is 5.90. The van der Waals surface area contributed by atoms with E-state index < -0.39 is 0 Å². The molecular formula is C11H21NO. The highest BCUT2D eigenvalue weighted by Gasteiger charge is 2.22. The molecule has 0 aromatic carbocycles. The molecule has 0 atom stereocenters. The van der Waals surface area contributed by atoms with Crippen molar-refractivity contribution >= 4 is 0 Å². The lowest BCUT2D eigenvalue weighted by atomic mass is 9.89. The van der Waals surface area contributed by atoms with Crippen LogP contribution < -0.4 is 5.32 Å². The summed E-state index contributed by atoms with van der Waals surface area (Å²) in [5, 5.41) is 3.28. The maximum atomic E-state index is 5.90. The molecule has 0 bridgehead atoms. The fourth-order valence-corrected chi connectivity index (χ4v) is 2.13. The van der Waals surface area contributed by atoms with Crippen LogP contribution in [0.25, 0.3) is 0 Å². The van der Waals surface area contributed by atoms with Crippen molar-refractivity contribution in [2.45, 2.75) is 38.7 Å². The van der Waals surface area contributed by atoms with E-state index in [1.54, 1.807) is 0 Å². The van der Waals surface area contributed by atoms with Crippen LogP contribution in [0.3, 0.4) is 0 Å². The Balaban J connectivity index is 1.59. The zero-order valence-electron chi connectivity index (χ0n) is 8.59. The Labute approximate surface area is 81.0 Å². The third-order valence-corrected chi connectivity index (χ3v) is 3.40. The van der Waals surface area contributed by atoms with Gasteiger partial charge in [-0.2, -0.15) is 0 Å². The molecule has 2 rings (SSSR count). The molecule has 1 aliphatic heterocycles. The summed E-state index contributed by atoms with van der Waals surface area (Å²) in [7, 11) is 0. The van der Waals surface area contributed by atoms with E-state index in [9.17, 15) is 0 Å². The van der Waals surface area contributed by atoms with E-state index in [-0.39, 0.29) is 0 Å². The van der Waals surface area contributed by atoms with Gasteiger partial charge in [0, 0.05) is 19.0 Å². The Hall–Kier alpha value is -0.0800. The molecule has 1 saturated heterocycles. The minimum Gasteiger partial charge on any atom is -0.378 e. The molecule has 0 unspecified atom stereocenters. The lowest BCUT2D eigenvalue weighted by Gasteiger charge is -2.31. The largest absolute Gasteiger partial charge is 0.378 e. The predicted octanol–water partition coefficient (Wildman–Crippen LogP) is 1.80. The Morgan fingerprint density at radius 3 is 2.38 bits per heavy atom. The molecule has 2 aliphatic rings. The third kappa shape index (κ3) is 2.68. The number of hydrogen-bond acceptors (Lipinski definition) is 2. The molecule has 13 heavy (non-hydrogen) atoms. The van der Waals surface area contributed by atoms with Crippen LogP contribution in [0.2, 0.25) is 0 Å². The summed E-state index contributed by atoms with van der Waals surface area (Å²) < 4.78 is 5.90. The highest BCUT2D eigenvalue weighted by molar-refractivity contribution is 4.76. The monoisotopic (exact) mass is 183 g/mol. The van der Waals surface area contributed by atoms with Gasteiger partial charge in [0.25, 0.3) is 0 Å². The van der Waals surface area contributed by atoms with Crippen LogP contribution >= 0.6 is 0 Å². The molecule has 1 heterocycles. The zero-order valence-corrected chi connectivity index (χ0v) is 8.59. The number of ether oxygens (including phenoxy) is 1. The van der Waals surface area contributed by atoms with Crippen LogP contribution in [0.4, 0.5) is 0 Å². The van der Waals surface area contributed by atoms with Crippen molar-refractivity contribution in [1.29, 1.82) is 0 Å². The zero-order chi connectivity index (χ0) is 9.10. The minimum absolute atomic E-state index is 0.580. The summed E-state index contributed by atoms with van der Waals surface area (Å²) in [6, 6.07) is 0. The highest BCUT2D eigenvalue weighted by Crippen LogP contribution is 2.25. The van der Waals surface area contributed by atoms with Gasteiger partial charge in [-0.25, -0.2) is 0 Å². The van der Waals surface area contributed by atoms with Crippen molar-refractivity contribution in [2.75, 3.05) is 19.7 Å². The average molecular weight is 183 g/mol. The van der Waals surface area contributed by atoms with Crippen LogP contribution in [0, 0.1) is 11.8 Å². The van der Waals surface area contributed by atoms with Gasteiger partial charge in [0.1, 0.15) is 0 Å². The van der Waals surface area contributed by atoms with E-state index in [0.29, 0.717) is 6.10 Å². The standard InChI is InChI=1S/C11H21NO/c1-9-2-4-11(5-3-9)13-8-10-6-12-7-10/h9-12H,2-8H2,1H3. The number of hydrogen-bond donors (Lipinski definition) is 1. The van der Waals surface area contributed by atoms with Crippen LogP contribution in [0.1, 0.15) is 32.6 Å². The summed E-state index contributed by atoms with van der Waals surface area (Å²) in [6.45, 7) is 5.68. The van der Waals surface area contributed by atoms with Crippen molar-refractivity contribution in [3.63, 3.8) is 0 Å².